The SMILES string of the molecule is CN1CC(=O)N(CCCC(=O)NNC(=O)c2cc(-c3ccco3)nc3ccccc23)C1=O. The quantitative estimate of drug-likeness (QED) is 0.450. The van der Waals surface area contributed by atoms with Crippen molar-refractivity contribution >= 4 is 34.7 Å². The lowest BCUT2D eigenvalue weighted by Gasteiger charge is -2.14. The molecule has 0 radical (unpaired) electrons. The van der Waals surface area contributed by atoms with Crippen molar-refractivity contribution in [2.75, 3.05) is 20.1 Å². The van der Waals surface area contributed by atoms with Crippen LogP contribution in [0.3, 0.4) is 0 Å². The first-order chi connectivity index (χ1) is 15.4. The van der Waals surface area contributed by atoms with Gasteiger partial charge in [0.2, 0.25) is 11.8 Å². The highest BCUT2D eigenvalue weighted by Gasteiger charge is 2.32. The normalized spacial score (nSPS) is 13.7. The maximum Gasteiger partial charge on any atom is 0.326 e. The molecule has 164 valence electrons. The third-order valence-electron chi connectivity index (χ3n) is 5.07. The van der Waals surface area contributed by atoms with Crippen LogP contribution in [0.1, 0.15) is 23.2 Å². The van der Waals surface area contributed by atoms with Crippen LogP contribution < -0.4 is 10.9 Å². The van der Waals surface area contributed by atoms with Gasteiger partial charge < -0.3 is 9.32 Å². The Morgan fingerprint density at radius 2 is 1.94 bits per heavy atom. The fourth-order valence-corrected chi connectivity index (χ4v) is 3.46. The number of benzene rings is 1. The molecular weight excluding hydrogens is 414 g/mol. The summed E-state index contributed by atoms with van der Waals surface area (Å²) in [5.74, 6) is -0.708. The third-order valence-corrected chi connectivity index (χ3v) is 5.07. The molecule has 2 aromatic heterocycles. The minimum Gasteiger partial charge on any atom is -0.463 e. The highest BCUT2D eigenvalue weighted by molar-refractivity contribution is 6.07. The van der Waals surface area contributed by atoms with Crippen molar-refractivity contribution in [2.45, 2.75) is 12.8 Å². The first kappa shape index (κ1) is 21.0. The van der Waals surface area contributed by atoms with E-state index < -0.39 is 11.8 Å². The zero-order valence-electron chi connectivity index (χ0n) is 17.3. The largest absolute Gasteiger partial charge is 0.463 e. The molecule has 0 atom stereocenters. The van der Waals surface area contributed by atoms with Crippen LogP contribution in [0, 0.1) is 0 Å². The number of carbonyl (C=O) groups is 4. The summed E-state index contributed by atoms with van der Waals surface area (Å²) in [5, 5.41) is 0.629. The third kappa shape index (κ3) is 4.29. The van der Waals surface area contributed by atoms with E-state index in [1.807, 2.05) is 6.07 Å². The second-order valence-corrected chi connectivity index (χ2v) is 7.34. The lowest BCUT2D eigenvalue weighted by atomic mass is 10.1. The van der Waals surface area contributed by atoms with Crippen molar-refractivity contribution in [2.24, 2.45) is 0 Å². The molecule has 1 aromatic carbocycles. The summed E-state index contributed by atoms with van der Waals surface area (Å²) in [7, 11) is 1.54. The minimum atomic E-state index is -0.503. The number of nitrogens with one attached hydrogen (secondary N) is 2. The predicted molar refractivity (Wildman–Crippen MR) is 114 cm³/mol. The highest BCUT2D eigenvalue weighted by atomic mass is 16.3. The second-order valence-electron chi connectivity index (χ2n) is 7.34. The molecule has 5 amide bonds. The molecule has 1 fully saturated rings. The van der Waals surface area contributed by atoms with Crippen molar-refractivity contribution in [3.63, 3.8) is 0 Å². The molecule has 4 rings (SSSR count). The summed E-state index contributed by atoms with van der Waals surface area (Å²) >= 11 is 0. The van der Waals surface area contributed by atoms with Gasteiger partial charge in [0.05, 0.1) is 17.3 Å². The maximum atomic E-state index is 12.8. The van der Waals surface area contributed by atoms with Gasteiger partial charge in [-0.3, -0.25) is 30.1 Å². The molecule has 3 heterocycles. The molecule has 10 heteroatoms. The molecule has 2 N–H and O–H groups in total. The molecule has 10 nitrogen and oxygen atoms in total. The molecule has 0 unspecified atom stereocenters. The predicted octanol–water partition coefficient (Wildman–Crippen LogP) is 1.93. The maximum absolute atomic E-state index is 12.8. The van der Waals surface area contributed by atoms with Crippen molar-refractivity contribution in [3.8, 4) is 11.5 Å². The number of nitrogens with zero attached hydrogens (tertiary/aromatic N) is 3. The van der Waals surface area contributed by atoms with Gasteiger partial charge in [-0.1, -0.05) is 18.2 Å². The number of urea groups is 1. The summed E-state index contributed by atoms with van der Waals surface area (Å²) < 4.78 is 5.39. The number of rotatable bonds is 6. The van der Waals surface area contributed by atoms with E-state index in [0.717, 1.165) is 4.90 Å². The molecule has 0 aliphatic carbocycles. The molecule has 0 spiro atoms. The molecule has 32 heavy (non-hydrogen) atoms. The number of aromatic nitrogens is 1. The fraction of sp³-hybridized carbons (Fsp3) is 0.227. The Balaban J connectivity index is 1.38. The fourth-order valence-electron chi connectivity index (χ4n) is 3.46. The lowest BCUT2D eigenvalue weighted by Crippen LogP contribution is -2.42. The van der Waals surface area contributed by atoms with E-state index in [4.69, 9.17) is 4.42 Å². The van der Waals surface area contributed by atoms with Gasteiger partial charge >= 0.3 is 6.03 Å². The Bertz CT molecular complexity index is 1190. The van der Waals surface area contributed by atoms with Crippen molar-refractivity contribution < 1.29 is 23.6 Å². The number of carbonyl (C=O) groups excluding carboxylic acids is 4. The van der Waals surface area contributed by atoms with Crippen LogP contribution in [0.2, 0.25) is 0 Å². The van der Waals surface area contributed by atoms with Crippen molar-refractivity contribution in [3.05, 3.63) is 54.3 Å². The minimum absolute atomic E-state index is 0.0375. The first-order valence-electron chi connectivity index (χ1n) is 10.0. The van der Waals surface area contributed by atoms with Gasteiger partial charge in [0.15, 0.2) is 5.76 Å². The number of furan rings is 1. The molecule has 3 aromatic rings. The monoisotopic (exact) mass is 435 g/mol. The summed E-state index contributed by atoms with van der Waals surface area (Å²) in [6.45, 7) is 0.186. The Morgan fingerprint density at radius 1 is 1.12 bits per heavy atom. The van der Waals surface area contributed by atoms with Crippen LogP contribution in [0.15, 0.2) is 53.1 Å². The zero-order chi connectivity index (χ0) is 22.7. The van der Waals surface area contributed by atoms with E-state index in [0.29, 0.717) is 27.9 Å². The molecule has 0 bridgehead atoms. The Hall–Kier alpha value is -4.21. The van der Waals surface area contributed by atoms with Crippen LogP contribution in [0.4, 0.5) is 4.79 Å². The Labute approximate surface area is 183 Å². The topological polar surface area (TPSA) is 125 Å². The molecule has 1 aliphatic rings. The Morgan fingerprint density at radius 3 is 2.66 bits per heavy atom. The standard InChI is InChI=1S/C22H21N5O5/c1-26-13-20(29)27(22(26)31)10-4-9-19(28)24-25-21(30)15-12-17(18-8-5-11-32-18)23-16-7-3-2-6-14(15)16/h2-3,5-8,11-12H,4,9-10,13H2,1H3,(H,24,28)(H,25,30). The van der Waals surface area contributed by atoms with Crippen LogP contribution in [-0.4, -0.2) is 58.7 Å². The van der Waals surface area contributed by atoms with Crippen molar-refractivity contribution in [1.82, 2.24) is 25.6 Å². The van der Waals surface area contributed by atoms with E-state index in [2.05, 4.69) is 15.8 Å². The van der Waals surface area contributed by atoms with Gasteiger partial charge in [0.25, 0.3) is 5.91 Å². The van der Waals surface area contributed by atoms with E-state index >= 15 is 0 Å². The first-order valence-corrected chi connectivity index (χ1v) is 10.0. The summed E-state index contributed by atoms with van der Waals surface area (Å²) in [6, 6.07) is 11.9. The van der Waals surface area contributed by atoms with Gasteiger partial charge in [-0.05, 0) is 30.7 Å². The molecule has 0 saturated carbocycles. The lowest BCUT2D eigenvalue weighted by molar-refractivity contribution is -0.126. The van der Waals surface area contributed by atoms with Crippen LogP contribution in [0.25, 0.3) is 22.4 Å². The van der Waals surface area contributed by atoms with E-state index in [1.165, 1.54) is 11.2 Å². The molecule has 1 saturated heterocycles. The van der Waals surface area contributed by atoms with Gasteiger partial charge in [-0.15, -0.1) is 0 Å². The second kappa shape index (κ2) is 8.88. The highest BCUT2D eigenvalue weighted by Crippen LogP contribution is 2.25. The summed E-state index contributed by atoms with van der Waals surface area (Å²) in [5.41, 5.74) is 6.23. The number of amides is 5. The Kier molecular flexibility index (Phi) is 5.84. The average Bonchev–Trinajstić information content (AvgIpc) is 3.41. The van der Waals surface area contributed by atoms with Gasteiger partial charge in [-0.25, -0.2) is 9.78 Å². The zero-order valence-corrected chi connectivity index (χ0v) is 17.3. The van der Waals surface area contributed by atoms with Gasteiger partial charge in [0.1, 0.15) is 12.2 Å². The number of likely N-dealkylation sites (N-methyl/N-ethyl adjacent to an activating group) is 1. The van der Waals surface area contributed by atoms with E-state index in [1.54, 1.807) is 43.4 Å². The number of hydrogen-bond acceptors (Lipinski definition) is 6. The number of hydrogen-bond donors (Lipinski definition) is 2. The number of hydrazine groups is 1. The van der Waals surface area contributed by atoms with E-state index in [9.17, 15) is 19.2 Å². The van der Waals surface area contributed by atoms with Crippen LogP contribution >= 0.6 is 0 Å². The van der Waals surface area contributed by atoms with Crippen LogP contribution in [0.5, 0.6) is 0 Å². The molecular formula is C22H21N5O5. The van der Waals surface area contributed by atoms with Crippen molar-refractivity contribution in [1.29, 1.82) is 0 Å². The number of pyridine rings is 1. The van der Waals surface area contributed by atoms with E-state index in [-0.39, 0.29) is 37.9 Å². The van der Waals surface area contributed by atoms with Gasteiger partial charge in [-0.2, -0.15) is 0 Å². The number of imide groups is 1. The summed E-state index contributed by atoms with van der Waals surface area (Å²) in [4.78, 5) is 55.5. The summed E-state index contributed by atoms with van der Waals surface area (Å²) in [6.07, 6.45) is 1.84. The average molecular weight is 435 g/mol. The number of fused-ring (bicyclic) bond motifs is 1. The number of para-hydroxylation sites is 1. The molecule has 1 aliphatic heterocycles. The smallest absolute Gasteiger partial charge is 0.326 e. The van der Waals surface area contributed by atoms with Gasteiger partial charge in [0, 0.05) is 25.4 Å². The van der Waals surface area contributed by atoms with Crippen LogP contribution in [-0.2, 0) is 9.59 Å².